The van der Waals surface area contributed by atoms with Gasteiger partial charge in [-0.3, -0.25) is 0 Å². The Bertz CT molecular complexity index is 495. The van der Waals surface area contributed by atoms with Crippen molar-refractivity contribution in [3.8, 4) is 0 Å². The van der Waals surface area contributed by atoms with Crippen molar-refractivity contribution in [2.24, 2.45) is 0 Å². The van der Waals surface area contributed by atoms with Gasteiger partial charge in [0.15, 0.2) is 0 Å². The number of nitrogens with one attached hydrogen (secondary N) is 1. The van der Waals surface area contributed by atoms with Crippen molar-refractivity contribution in [2.45, 2.75) is 20.4 Å². The quantitative estimate of drug-likeness (QED) is 0.899. The molecule has 0 saturated carbocycles. The van der Waals surface area contributed by atoms with Crippen LogP contribution in [0.4, 0.5) is 11.4 Å². The fourth-order valence-electron chi connectivity index (χ4n) is 1.82. The number of anilines is 2. The molecule has 4 nitrogen and oxygen atoms in total. The van der Waals surface area contributed by atoms with E-state index in [1.807, 2.05) is 27.9 Å². The highest BCUT2D eigenvalue weighted by molar-refractivity contribution is 5.54. The van der Waals surface area contributed by atoms with Crippen molar-refractivity contribution in [2.75, 3.05) is 24.3 Å². The fourth-order valence-corrected chi connectivity index (χ4v) is 1.82. The first kappa shape index (κ1) is 12.5. The minimum Gasteiger partial charge on any atom is -0.381 e. The van der Waals surface area contributed by atoms with Crippen LogP contribution in [0.2, 0.25) is 0 Å². The van der Waals surface area contributed by atoms with Crippen molar-refractivity contribution in [1.29, 1.82) is 0 Å². The maximum atomic E-state index is 5.14. The van der Waals surface area contributed by atoms with Gasteiger partial charge in [0, 0.05) is 37.6 Å². The van der Waals surface area contributed by atoms with E-state index in [1.54, 1.807) is 0 Å². The van der Waals surface area contributed by atoms with Crippen molar-refractivity contribution in [3.05, 3.63) is 41.3 Å². The Balaban J connectivity index is 2.02. The van der Waals surface area contributed by atoms with E-state index in [2.05, 4.69) is 39.6 Å². The van der Waals surface area contributed by atoms with E-state index in [0.717, 1.165) is 29.2 Å². The summed E-state index contributed by atoms with van der Waals surface area (Å²) in [4.78, 5) is 2.08. The van der Waals surface area contributed by atoms with E-state index in [0.29, 0.717) is 0 Å². The summed E-state index contributed by atoms with van der Waals surface area (Å²) in [5.41, 5.74) is 4.37. The van der Waals surface area contributed by atoms with Gasteiger partial charge in [-0.15, -0.1) is 0 Å². The fraction of sp³-hybridized carbons (Fsp3) is 0.357. The van der Waals surface area contributed by atoms with Crippen LogP contribution in [-0.4, -0.2) is 19.3 Å². The molecule has 2 aromatic rings. The third-order valence-electron chi connectivity index (χ3n) is 3.03. The molecule has 0 bridgehead atoms. The van der Waals surface area contributed by atoms with E-state index >= 15 is 0 Å². The molecule has 0 aliphatic rings. The summed E-state index contributed by atoms with van der Waals surface area (Å²) in [5.74, 6) is 0.880. The normalized spacial score (nSPS) is 10.4. The Kier molecular flexibility index (Phi) is 3.55. The lowest BCUT2D eigenvalue weighted by Crippen LogP contribution is -2.08. The van der Waals surface area contributed by atoms with Crippen LogP contribution in [0.1, 0.15) is 17.0 Å². The molecular formula is C14H19N3O. The summed E-state index contributed by atoms with van der Waals surface area (Å²) in [6.07, 6.45) is 0. The molecule has 0 saturated heterocycles. The third kappa shape index (κ3) is 2.64. The second kappa shape index (κ2) is 5.12. The Morgan fingerprint density at radius 1 is 1.17 bits per heavy atom. The molecule has 18 heavy (non-hydrogen) atoms. The van der Waals surface area contributed by atoms with E-state index < -0.39 is 0 Å². The summed E-state index contributed by atoms with van der Waals surface area (Å²) in [7, 11) is 4.07. The van der Waals surface area contributed by atoms with Crippen LogP contribution in [0.5, 0.6) is 0 Å². The molecule has 4 heteroatoms. The number of aromatic nitrogens is 1. The number of benzene rings is 1. The van der Waals surface area contributed by atoms with E-state index in [9.17, 15) is 0 Å². The minimum atomic E-state index is 0.739. The van der Waals surface area contributed by atoms with Gasteiger partial charge >= 0.3 is 0 Å². The second-order valence-corrected chi connectivity index (χ2v) is 4.60. The van der Waals surface area contributed by atoms with Crippen molar-refractivity contribution in [1.82, 2.24) is 5.16 Å². The predicted molar refractivity (Wildman–Crippen MR) is 74.1 cm³/mol. The van der Waals surface area contributed by atoms with E-state index in [4.69, 9.17) is 4.52 Å². The first-order chi connectivity index (χ1) is 8.58. The molecule has 1 aromatic heterocycles. The van der Waals surface area contributed by atoms with Crippen molar-refractivity contribution in [3.63, 3.8) is 0 Å². The van der Waals surface area contributed by atoms with Crippen LogP contribution in [0.15, 0.2) is 28.8 Å². The van der Waals surface area contributed by atoms with Crippen LogP contribution in [0.25, 0.3) is 0 Å². The van der Waals surface area contributed by atoms with Gasteiger partial charge < -0.3 is 14.7 Å². The summed E-state index contributed by atoms with van der Waals surface area (Å²) in [6, 6.07) is 8.34. The molecule has 0 radical (unpaired) electrons. The number of aryl methyl sites for hydroxylation is 2. The van der Waals surface area contributed by atoms with Crippen LogP contribution in [0, 0.1) is 13.8 Å². The summed E-state index contributed by atoms with van der Waals surface area (Å²) in [5, 5.41) is 7.32. The standard InChI is InChI=1S/C14H19N3O/c1-10-14(11(2)18-16-10)9-15-12-5-7-13(8-6-12)17(3)4/h5-8,15H,9H2,1-4H3. The maximum absolute atomic E-state index is 5.14. The molecular weight excluding hydrogens is 226 g/mol. The molecule has 0 amide bonds. The Labute approximate surface area is 108 Å². The molecule has 1 aromatic carbocycles. The smallest absolute Gasteiger partial charge is 0.138 e. The Morgan fingerprint density at radius 2 is 1.83 bits per heavy atom. The van der Waals surface area contributed by atoms with Crippen molar-refractivity contribution < 1.29 is 4.52 Å². The molecule has 2 rings (SSSR count). The average Bonchev–Trinajstić information content (AvgIpc) is 2.67. The average molecular weight is 245 g/mol. The number of hydrogen-bond donors (Lipinski definition) is 1. The van der Waals surface area contributed by atoms with Gasteiger partial charge in [-0.05, 0) is 38.1 Å². The minimum absolute atomic E-state index is 0.739. The highest BCUT2D eigenvalue weighted by Gasteiger charge is 2.08. The first-order valence-electron chi connectivity index (χ1n) is 6.01. The lowest BCUT2D eigenvalue weighted by molar-refractivity contribution is 0.392. The van der Waals surface area contributed by atoms with Crippen LogP contribution < -0.4 is 10.2 Å². The second-order valence-electron chi connectivity index (χ2n) is 4.60. The zero-order valence-electron chi connectivity index (χ0n) is 11.3. The van der Waals surface area contributed by atoms with Gasteiger partial charge in [-0.25, -0.2) is 0 Å². The first-order valence-corrected chi connectivity index (χ1v) is 6.01. The molecule has 0 unspecified atom stereocenters. The topological polar surface area (TPSA) is 41.3 Å². The largest absolute Gasteiger partial charge is 0.381 e. The monoisotopic (exact) mass is 245 g/mol. The molecule has 0 atom stereocenters. The van der Waals surface area contributed by atoms with E-state index in [-0.39, 0.29) is 0 Å². The van der Waals surface area contributed by atoms with E-state index in [1.165, 1.54) is 5.69 Å². The van der Waals surface area contributed by atoms with Crippen LogP contribution in [-0.2, 0) is 6.54 Å². The SMILES string of the molecule is Cc1noc(C)c1CNc1ccc(N(C)C)cc1. The molecule has 0 spiro atoms. The highest BCUT2D eigenvalue weighted by atomic mass is 16.5. The van der Waals surface area contributed by atoms with Gasteiger partial charge in [-0.1, -0.05) is 5.16 Å². The summed E-state index contributed by atoms with van der Waals surface area (Å²) < 4.78 is 5.14. The van der Waals surface area contributed by atoms with Crippen molar-refractivity contribution >= 4 is 11.4 Å². The number of rotatable bonds is 4. The van der Waals surface area contributed by atoms with Crippen LogP contribution >= 0.6 is 0 Å². The molecule has 0 aliphatic carbocycles. The summed E-state index contributed by atoms with van der Waals surface area (Å²) in [6.45, 7) is 4.64. The lowest BCUT2D eigenvalue weighted by atomic mass is 10.2. The zero-order valence-corrected chi connectivity index (χ0v) is 11.3. The number of nitrogens with zero attached hydrogens (tertiary/aromatic N) is 2. The molecule has 1 heterocycles. The Morgan fingerprint density at radius 3 is 2.33 bits per heavy atom. The van der Waals surface area contributed by atoms with Gasteiger partial charge in [0.1, 0.15) is 5.76 Å². The van der Waals surface area contributed by atoms with Gasteiger partial charge in [0.05, 0.1) is 5.69 Å². The molecule has 1 N–H and O–H groups in total. The lowest BCUT2D eigenvalue weighted by Gasteiger charge is -2.13. The van der Waals surface area contributed by atoms with Crippen LogP contribution in [0.3, 0.4) is 0 Å². The number of hydrogen-bond acceptors (Lipinski definition) is 4. The predicted octanol–water partition coefficient (Wildman–Crippen LogP) is 2.97. The highest BCUT2D eigenvalue weighted by Crippen LogP contribution is 2.18. The Hall–Kier alpha value is -1.97. The third-order valence-corrected chi connectivity index (χ3v) is 3.03. The van der Waals surface area contributed by atoms with Gasteiger partial charge in [-0.2, -0.15) is 0 Å². The summed E-state index contributed by atoms with van der Waals surface area (Å²) >= 11 is 0. The van der Waals surface area contributed by atoms with Gasteiger partial charge in [0.25, 0.3) is 0 Å². The van der Waals surface area contributed by atoms with Gasteiger partial charge in [0.2, 0.25) is 0 Å². The molecule has 96 valence electrons. The molecule has 0 aliphatic heterocycles. The molecule has 0 fully saturated rings. The zero-order chi connectivity index (χ0) is 13.1. The maximum Gasteiger partial charge on any atom is 0.138 e.